The highest BCUT2D eigenvalue weighted by Crippen LogP contribution is 2.19. The van der Waals surface area contributed by atoms with Crippen molar-refractivity contribution < 1.29 is 14.6 Å². The molecule has 18 heavy (non-hydrogen) atoms. The van der Waals surface area contributed by atoms with E-state index in [1.165, 1.54) is 0 Å². The van der Waals surface area contributed by atoms with E-state index in [0.29, 0.717) is 26.4 Å². The number of hydrogen-bond donors (Lipinski definition) is 2. The van der Waals surface area contributed by atoms with Crippen LogP contribution in [-0.2, 0) is 15.0 Å². The number of ether oxygens (including phenoxy) is 2. The van der Waals surface area contributed by atoms with E-state index in [0.717, 1.165) is 5.56 Å². The average molecular weight is 253 g/mol. The van der Waals surface area contributed by atoms with Crippen LogP contribution in [0, 0.1) is 0 Å². The van der Waals surface area contributed by atoms with Gasteiger partial charge in [0.25, 0.3) is 0 Å². The monoisotopic (exact) mass is 253 g/mol. The van der Waals surface area contributed by atoms with E-state index < -0.39 is 5.54 Å². The number of hydrogen-bond acceptors (Lipinski definition) is 4. The predicted molar refractivity (Wildman–Crippen MR) is 71.6 cm³/mol. The number of rotatable bonds is 9. The summed E-state index contributed by atoms with van der Waals surface area (Å²) in [5, 5.41) is 12.9. The third-order valence-corrected chi connectivity index (χ3v) is 2.92. The molecule has 0 saturated carbocycles. The number of benzene rings is 1. The summed E-state index contributed by atoms with van der Waals surface area (Å²) in [6, 6.07) is 9.93. The molecular weight excluding hydrogens is 230 g/mol. The van der Waals surface area contributed by atoms with Crippen LogP contribution in [0.4, 0.5) is 0 Å². The zero-order valence-corrected chi connectivity index (χ0v) is 11.2. The van der Waals surface area contributed by atoms with Crippen molar-refractivity contribution in [3.05, 3.63) is 35.9 Å². The van der Waals surface area contributed by atoms with Gasteiger partial charge in [0.05, 0.1) is 32.0 Å². The van der Waals surface area contributed by atoms with E-state index in [-0.39, 0.29) is 6.61 Å². The topological polar surface area (TPSA) is 50.7 Å². The van der Waals surface area contributed by atoms with Crippen LogP contribution in [0.5, 0.6) is 0 Å². The molecule has 1 aromatic carbocycles. The van der Waals surface area contributed by atoms with Crippen LogP contribution in [0.2, 0.25) is 0 Å². The van der Waals surface area contributed by atoms with Crippen molar-refractivity contribution in [3.8, 4) is 0 Å². The van der Waals surface area contributed by atoms with Crippen molar-refractivity contribution in [3.63, 3.8) is 0 Å². The Morgan fingerprint density at radius 2 is 1.89 bits per heavy atom. The summed E-state index contributed by atoms with van der Waals surface area (Å²) in [5.41, 5.74) is 0.649. The molecule has 0 saturated heterocycles. The van der Waals surface area contributed by atoms with E-state index in [2.05, 4.69) is 5.32 Å². The summed E-state index contributed by atoms with van der Waals surface area (Å²) >= 11 is 0. The standard InChI is InChI=1S/C14H23NO3/c1-14(12-16,13-6-4-3-5-7-13)15-8-9-18-11-10-17-2/h3-7,15-16H,8-12H2,1-2H3. The highest BCUT2D eigenvalue weighted by Gasteiger charge is 2.24. The maximum absolute atomic E-state index is 9.56. The Morgan fingerprint density at radius 3 is 2.50 bits per heavy atom. The van der Waals surface area contributed by atoms with Gasteiger partial charge in [-0.2, -0.15) is 0 Å². The highest BCUT2D eigenvalue weighted by atomic mass is 16.5. The average Bonchev–Trinajstić information content (AvgIpc) is 2.43. The molecule has 0 aromatic heterocycles. The summed E-state index contributed by atoms with van der Waals surface area (Å²) in [4.78, 5) is 0. The molecule has 0 aliphatic rings. The van der Waals surface area contributed by atoms with Crippen molar-refractivity contribution in [2.75, 3.05) is 40.1 Å². The predicted octanol–water partition coefficient (Wildman–Crippen LogP) is 1.15. The second-order valence-corrected chi connectivity index (χ2v) is 4.39. The van der Waals surface area contributed by atoms with Crippen LogP contribution < -0.4 is 5.32 Å². The Hall–Kier alpha value is -0.940. The van der Waals surface area contributed by atoms with Crippen molar-refractivity contribution >= 4 is 0 Å². The van der Waals surface area contributed by atoms with Crippen molar-refractivity contribution in [1.29, 1.82) is 0 Å². The zero-order valence-electron chi connectivity index (χ0n) is 11.2. The van der Waals surface area contributed by atoms with Gasteiger partial charge in [-0.15, -0.1) is 0 Å². The Balaban J connectivity index is 2.37. The first-order valence-corrected chi connectivity index (χ1v) is 6.21. The summed E-state index contributed by atoms with van der Waals surface area (Å²) in [5.74, 6) is 0. The largest absolute Gasteiger partial charge is 0.394 e. The molecule has 0 aliphatic heterocycles. The molecule has 1 unspecified atom stereocenters. The molecule has 1 aromatic rings. The second kappa shape index (κ2) is 8.21. The fourth-order valence-electron chi connectivity index (χ4n) is 1.70. The Bertz CT molecular complexity index is 318. The van der Waals surface area contributed by atoms with Crippen molar-refractivity contribution in [1.82, 2.24) is 5.32 Å². The molecule has 0 heterocycles. The molecule has 0 amide bonds. The SMILES string of the molecule is COCCOCCNC(C)(CO)c1ccccc1. The number of aliphatic hydroxyl groups is 1. The van der Waals surface area contributed by atoms with Gasteiger partial charge in [0, 0.05) is 13.7 Å². The molecule has 4 nitrogen and oxygen atoms in total. The van der Waals surface area contributed by atoms with Crippen LogP contribution >= 0.6 is 0 Å². The molecule has 0 radical (unpaired) electrons. The highest BCUT2D eigenvalue weighted by molar-refractivity contribution is 5.23. The summed E-state index contributed by atoms with van der Waals surface area (Å²) < 4.78 is 10.3. The van der Waals surface area contributed by atoms with Gasteiger partial charge in [0.15, 0.2) is 0 Å². The smallest absolute Gasteiger partial charge is 0.0700 e. The van der Waals surface area contributed by atoms with Gasteiger partial charge in [-0.05, 0) is 12.5 Å². The normalized spacial score (nSPS) is 14.4. The van der Waals surface area contributed by atoms with Crippen LogP contribution in [0.1, 0.15) is 12.5 Å². The molecule has 102 valence electrons. The Labute approximate surface area is 109 Å². The van der Waals surface area contributed by atoms with Crippen LogP contribution in [0.25, 0.3) is 0 Å². The first-order chi connectivity index (χ1) is 8.73. The molecule has 0 bridgehead atoms. The van der Waals surface area contributed by atoms with E-state index >= 15 is 0 Å². The minimum Gasteiger partial charge on any atom is -0.394 e. The lowest BCUT2D eigenvalue weighted by molar-refractivity contribution is 0.0660. The molecule has 1 rings (SSSR count). The summed E-state index contributed by atoms with van der Waals surface area (Å²) in [6.45, 7) is 4.53. The number of methoxy groups -OCH3 is 1. The fourth-order valence-corrected chi connectivity index (χ4v) is 1.70. The van der Waals surface area contributed by atoms with Gasteiger partial charge in [-0.25, -0.2) is 0 Å². The quantitative estimate of drug-likeness (QED) is 0.648. The molecule has 2 N–H and O–H groups in total. The summed E-state index contributed by atoms with van der Waals surface area (Å²) in [6.07, 6.45) is 0. The van der Waals surface area contributed by atoms with E-state index in [4.69, 9.17) is 9.47 Å². The maximum Gasteiger partial charge on any atom is 0.0700 e. The molecular formula is C14H23NO3. The number of aliphatic hydroxyl groups excluding tert-OH is 1. The molecule has 0 fully saturated rings. The lowest BCUT2D eigenvalue weighted by Gasteiger charge is -2.29. The zero-order chi connectivity index (χ0) is 13.3. The van der Waals surface area contributed by atoms with Gasteiger partial charge in [0.2, 0.25) is 0 Å². The lowest BCUT2D eigenvalue weighted by Crippen LogP contribution is -2.44. The van der Waals surface area contributed by atoms with E-state index in [1.807, 2.05) is 37.3 Å². The van der Waals surface area contributed by atoms with E-state index in [1.54, 1.807) is 7.11 Å². The molecule has 0 spiro atoms. The van der Waals surface area contributed by atoms with Gasteiger partial charge in [-0.1, -0.05) is 30.3 Å². The van der Waals surface area contributed by atoms with E-state index in [9.17, 15) is 5.11 Å². The Kier molecular flexibility index (Phi) is 6.90. The van der Waals surface area contributed by atoms with Gasteiger partial charge in [0.1, 0.15) is 0 Å². The van der Waals surface area contributed by atoms with Crippen molar-refractivity contribution in [2.24, 2.45) is 0 Å². The van der Waals surface area contributed by atoms with Crippen LogP contribution in [-0.4, -0.2) is 45.2 Å². The third-order valence-electron chi connectivity index (χ3n) is 2.92. The second-order valence-electron chi connectivity index (χ2n) is 4.39. The van der Waals surface area contributed by atoms with Crippen LogP contribution in [0.3, 0.4) is 0 Å². The number of nitrogens with one attached hydrogen (secondary N) is 1. The lowest BCUT2D eigenvalue weighted by atomic mass is 9.93. The van der Waals surface area contributed by atoms with Crippen molar-refractivity contribution in [2.45, 2.75) is 12.5 Å². The molecule has 4 heteroatoms. The first kappa shape index (κ1) is 15.1. The van der Waals surface area contributed by atoms with Gasteiger partial charge in [-0.3, -0.25) is 0 Å². The maximum atomic E-state index is 9.56. The van der Waals surface area contributed by atoms with Crippen LogP contribution in [0.15, 0.2) is 30.3 Å². The first-order valence-electron chi connectivity index (χ1n) is 6.21. The van der Waals surface area contributed by atoms with Gasteiger partial charge >= 0.3 is 0 Å². The minimum absolute atomic E-state index is 0.0507. The summed E-state index contributed by atoms with van der Waals surface area (Å²) in [7, 11) is 1.65. The van der Waals surface area contributed by atoms with Gasteiger partial charge < -0.3 is 19.9 Å². The third kappa shape index (κ3) is 4.74. The molecule has 1 atom stereocenters. The fraction of sp³-hybridized carbons (Fsp3) is 0.571. The Morgan fingerprint density at radius 1 is 1.17 bits per heavy atom. The molecule has 0 aliphatic carbocycles. The minimum atomic E-state index is -0.425.